The zero-order chi connectivity index (χ0) is 14.2. The van der Waals surface area contributed by atoms with Gasteiger partial charge in [-0.2, -0.15) is 15.4 Å². The topological polar surface area (TPSA) is 82.7 Å². The average Bonchev–Trinajstić information content (AvgIpc) is 3.04. The van der Waals surface area contributed by atoms with Gasteiger partial charge in [-0.1, -0.05) is 0 Å². The summed E-state index contributed by atoms with van der Waals surface area (Å²) >= 11 is 0. The van der Waals surface area contributed by atoms with Gasteiger partial charge < -0.3 is 10.6 Å². The Kier molecular flexibility index (Phi) is 3.11. The highest BCUT2D eigenvalue weighted by Crippen LogP contribution is 2.32. The van der Waals surface area contributed by atoms with Gasteiger partial charge in [0.1, 0.15) is 11.0 Å². The second-order valence-electron chi connectivity index (χ2n) is 6.25. The second kappa shape index (κ2) is 5.11. The molecule has 3 heterocycles. The summed E-state index contributed by atoms with van der Waals surface area (Å²) in [7, 11) is 0. The maximum Gasteiger partial charge on any atom is 0.224 e. The number of H-pyrrole nitrogens is 1. The minimum Gasteiger partial charge on any atom is -0.326 e. The number of aromatic amines is 1. The first-order chi connectivity index (χ1) is 10.3. The van der Waals surface area contributed by atoms with Crippen molar-refractivity contribution < 1.29 is 4.79 Å². The summed E-state index contributed by atoms with van der Waals surface area (Å²) < 4.78 is 0. The van der Waals surface area contributed by atoms with Gasteiger partial charge in [0.25, 0.3) is 0 Å². The van der Waals surface area contributed by atoms with E-state index in [2.05, 4.69) is 26.0 Å². The largest absolute Gasteiger partial charge is 0.326 e. The standard InChI is InChI=1S/C15H19N5O/c21-15(7-9-5-10-1-2-11(6-9)16-10)17-12-3-4-13-14(8-12)19-20-18-13/h3-4,8-11,16H,1-2,5-7H2,(H,17,21)(H,18,19,20). The van der Waals surface area contributed by atoms with Gasteiger partial charge in [-0.15, -0.1) is 0 Å². The van der Waals surface area contributed by atoms with Crippen LogP contribution in [0.15, 0.2) is 18.2 Å². The molecular weight excluding hydrogens is 266 g/mol. The zero-order valence-corrected chi connectivity index (χ0v) is 11.8. The van der Waals surface area contributed by atoms with E-state index in [1.807, 2.05) is 18.2 Å². The van der Waals surface area contributed by atoms with Crippen LogP contribution in [-0.4, -0.2) is 33.4 Å². The highest BCUT2D eigenvalue weighted by molar-refractivity contribution is 5.93. The summed E-state index contributed by atoms with van der Waals surface area (Å²) in [6.45, 7) is 0. The van der Waals surface area contributed by atoms with Gasteiger partial charge in [-0.05, 0) is 49.8 Å². The van der Waals surface area contributed by atoms with Gasteiger partial charge in [0.05, 0.1) is 0 Å². The van der Waals surface area contributed by atoms with Crippen molar-refractivity contribution in [2.24, 2.45) is 5.92 Å². The van der Waals surface area contributed by atoms with E-state index in [1.165, 1.54) is 12.8 Å². The number of nitrogens with zero attached hydrogens (tertiary/aromatic N) is 2. The molecule has 110 valence electrons. The number of hydrogen-bond donors (Lipinski definition) is 3. The number of aromatic nitrogens is 3. The van der Waals surface area contributed by atoms with E-state index < -0.39 is 0 Å². The van der Waals surface area contributed by atoms with Crippen LogP contribution < -0.4 is 10.6 Å². The fourth-order valence-corrected chi connectivity index (χ4v) is 3.73. The lowest BCUT2D eigenvalue weighted by Gasteiger charge is -2.28. The van der Waals surface area contributed by atoms with Gasteiger partial charge in [-0.25, -0.2) is 0 Å². The molecule has 0 radical (unpaired) electrons. The molecule has 2 saturated heterocycles. The van der Waals surface area contributed by atoms with Gasteiger partial charge in [0, 0.05) is 24.2 Å². The Balaban J connectivity index is 1.39. The Bertz CT molecular complexity index is 655. The van der Waals surface area contributed by atoms with Gasteiger partial charge in [0.2, 0.25) is 5.91 Å². The van der Waals surface area contributed by atoms with E-state index in [9.17, 15) is 4.79 Å². The van der Waals surface area contributed by atoms with Crippen LogP contribution in [-0.2, 0) is 4.79 Å². The SMILES string of the molecule is O=C(CC1CC2CCC(C1)N2)Nc1ccc2n[nH]nc2c1. The fourth-order valence-electron chi connectivity index (χ4n) is 3.73. The number of carbonyl (C=O) groups excluding carboxylic acids is 1. The Morgan fingerprint density at radius 2 is 1.95 bits per heavy atom. The second-order valence-corrected chi connectivity index (χ2v) is 6.25. The molecule has 2 bridgehead atoms. The van der Waals surface area contributed by atoms with Crippen LogP contribution in [0.1, 0.15) is 32.1 Å². The summed E-state index contributed by atoms with van der Waals surface area (Å²) in [5.41, 5.74) is 2.37. The third kappa shape index (κ3) is 2.63. The molecule has 0 aliphatic carbocycles. The number of hydrogen-bond acceptors (Lipinski definition) is 4. The number of nitrogens with one attached hydrogen (secondary N) is 3. The lowest BCUT2D eigenvalue weighted by molar-refractivity contribution is -0.117. The molecule has 1 aromatic heterocycles. The molecule has 2 aromatic rings. The molecule has 6 nitrogen and oxygen atoms in total. The number of carbonyl (C=O) groups is 1. The van der Waals surface area contributed by atoms with Crippen molar-refractivity contribution in [3.8, 4) is 0 Å². The van der Waals surface area contributed by atoms with E-state index >= 15 is 0 Å². The molecule has 6 heteroatoms. The van der Waals surface area contributed by atoms with Crippen molar-refractivity contribution in [2.75, 3.05) is 5.32 Å². The Morgan fingerprint density at radius 1 is 1.19 bits per heavy atom. The monoisotopic (exact) mass is 285 g/mol. The normalized spacial score (nSPS) is 27.9. The van der Waals surface area contributed by atoms with Crippen molar-refractivity contribution in [3.05, 3.63) is 18.2 Å². The smallest absolute Gasteiger partial charge is 0.224 e. The molecule has 21 heavy (non-hydrogen) atoms. The minimum absolute atomic E-state index is 0.101. The van der Waals surface area contributed by atoms with Crippen LogP contribution in [0, 0.1) is 5.92 Å². The zero-order valence-electron chi connectivity index (χ0n) is 11.8. The summed E-state index contributed by atoms with van der Waals surface area (Å²) in [5, 5.41) is 17.2. The first-order valence-electron chi connectivity index (χ1n) is 7.63. The summed E-state index contributed by atoms with van der Waals surface area (Å²) in [5.74, 6) is 0.615. The predicted octanol–water partition coefficient (Wildman–Crippen LogP) is 1.82. The maximum absolute atomic E-state index is 12.2. The fraction of sp³-hybridized carbons (Fsp3) is 0.533. The number of rotatable bonds is 3. The van der Waals surface area contributed by atoms with Crippen molar-refractivity contribution >= 4 is 22.6 Å². The summed E-state index contributed by atoms with van der Waals surface area (Å²) in [6, 6.07) is 6.85. The van der Waals surface area contributed by atoms with E-state index in [-0.39, 0.29) is 5.91 Å². The lowest BCUT2D eigenvalue weighted by atomic mass is 9.89. The first-order valence-corrected chi connectivity index (χ1v) is 7.63. The molecule has 1 amide bonds. The molecule has 1 aromatic carbocycles. The molecule has 2 aliphatic heterocycles. The number of fused-ring (bicyclic) bond motifs is 3. The van der Waals surface area contributed by atoms with Crippen molar-refractivity contribution in [1.82, 2.24) is 20.7 Å². The van der Waals surface area contributed by atoms with Crippen molar-refractivity contribution in [3.63, 3.8) is 0 Å². The minimum atomic E-state index is 0.101. The predicted molar refractivity (Wildman–Crippen MR) is 79.8 cm³/mol. The van der Waals surface area contributed by atoms with Gasteiger partial charge in [0.15, 0.2) is 0 Å². The quantitative estimate of drug-likeness (QED) is 0.803. The van der Waals surface area contributed by atoms with E-state index in [4.69, 9.17) is 0 Å². The first kappa shape index (κ1) is 12.8. The van der Waals surface area contributed by atoms with Crippen LogP contribution in [0.3, 0.4) is 0 Å². The van der Waals surface area contributed by atoms with Gasteiger partial charge >= 0.3 is 0 Å². The van der Waals surface area contributed by atoms with E-state index in [1.54, 1.807) is 0 Å². The van der Waals surface area contributed by atoms with Crippen LogP contribution in [0.25, 0.3) is 11.0 Å². The molecule has 2 unspecified atom stereocenters. The molecule has 2 aliphatic rings. The molecule has 2 fully saturated rings. The molecular formula is C15H19N5O. The maximum atomic E-state index is 12.2. The number of benzene rings is 1. The summed E-state index contributed by atoms with van der Waals surface area (Å²) in [6.07, 6.45) is 5.42. The van der Waals surface area contributed by atoms with Crippen LogP contribution in [0.4, 0.5) is 5.69 Å². The highest BCUT2D eigenvalue weighted by atomic mass is 16.1. The number of piperidine rings is 1. The third-order valence-electron chi connectivity index (χ3n) is 4.64. The summed E-state index contributed by atoms with van der Waals surface area (Å²) in [4.78, 5) is 12.2. The Hall–Kier alpha value is -1.95. The van der Waals surface area contributed by atoms with Crippen LogP contribution >= 0.6 is 0 Å². The molecule has 3 N–H and O–H groups in total. The average molecular weight is 285 g/mol. The van der Waals surface area contributed by atoms with Crippen molar-refractivity contribution in [2.45, 2.75) is 44.2 Å². The Morgan fingerprint density at radius 3 is 2.76 bits per heavy atom. The molecule has 0 spiro atoms. The van der Waals surface area contributed by atoms with E-state index in [0.29, 0.717) is 24.4 Å². The Labute approximate surface area is 122 Å². The number of amides is 1. The van der Waals surface area contributed by atoms with Gasteiger partial charge in [-0.3, -0.25) is 4.79 Å². The third-order valence-corrected chi connectivity index (χ3v) is 4.64. The molecule has 0 saturated carbocycles. The lowest BCUT2D eigenvalue weighted by Crippen LogP contribution is -2.39. The number of anilines is 1. The van der Waals surface area contributed by atoms with Crippen LogP contribution in [0.5, 0.6) is 0 Å². The molecule has 4 rings (SSSR count). The highest BCUT2D eigenvalue weighted by Gasteiger charge is 2.34. The van der Waals surface area contributed by atoms with Crippen molar-refractivity contribution in [1.29, 1.82) is 0 Å². The van der Waals surface area contributed by atoms with Crippen LogP contribution in [0.2, 0.25) is 0 Å². The molecule has 2 atom stereocenters. The van der Waals surface area contributed by atoms with E-state index in [0.717, 1.165) is 29.6 Å².